The number of methoxy groups -OCH3 is 1. The molecule has 1 saturated carbocycles. The summed E-state index contributed by atoms with van der Waals surface area (Å²) in [4.78, 5) is 18.2. The molecule has 4 rings (SSSR count). The van der Waals surface area contributed by atoms with Crippen LogP contribution in [-0.4, -0.2) is 53.6 Å². The Bertz CT molecular complexity index is 850. The molecule has 8 heteroatoms. The van der Waals surface area contributed by atoms with Gasteiger partial charge in [0, 0.05) is 19.0 Å². The molecule has 0 spiro atoms. The molecule has 4 atom stereocenters. The van der Waals surface area contributed by atoms with Gasteiger partial charge in [-0.3, -0.25) is 0 Å². The Morgan fingerprint density at radius 2 is 1.90 bits per heavy atom. The van der Waals surface area contributed by atoms with Gasteiger partial charge in [-0.1, -0.05) is 19.0 Å². The molecule has 0 bridgehead atoms. The van der Waals surface area contributed by atoms with E-state index in [1.165, 1.54) is 7.11 Å². The number of hydrogen-bond acceptors (Lipinski definition) is 8. The minimum absolute atomic E-state index is 0.225. The highest BCUT2D eigenvalue weighted by molar-refractivity contribution is 5.89. The molecule has 8 nitrogen and oxygen atoms in total. The molecule has 2 aliphatic rings. The summed E-state index contributed by atoms with van der Waals surface area (Å²) >= 11 is 0. The molecule has 1 aliphatic heterocycles. The number of rotatable bonds is 5. The third-order valence-corrected chi connectivity index (χ3v) is 5.87. The van der Waals surface area contributed by atoms with Crippen molar-refractivity contribution in [2.24, 2.45) is 11.8 Å². The van der Waals surface area contributed by atoms with Gasteiger partial charge in [-0.05, 0) is 48.9 Å². The molecule has 1 saturated heterocycles. The molecule has 1 aromatic heterocycles. The number of anilines is 1. The van der Waals surface area contributed by atoms with Crippen molar-refractivity contribution >= 4 is 12.0 Å². The van der Waals surface area contributed by atoms with E-state index >= 15 is 0 Å². The number of nitrogens with zero attached hydrogens (tertiary/aromatic N) is 3. The molecule has 1 N–H and O–H groups in total. The number of carbonyl (C=O) groups excluding carboxylic acids is 1. The van der Waals surface area contributed by atoms with Crippen LogP contribution in [0, 0.1) is 11.8 Å². The van der Waals surface area contributed by atoms with Crippen molar-refractivity contribution < 1.29 is 23.9 Å². The summed E-state index contributed by atoms with van der Waals surface area (Å²) in [5.74, 6) is 1.96. The highest BCUT2D eigenvalue weighted by Crippen LogP contribution is 2.39. The summed E-state index contributed by atoms with van der Waals surface area (Å²) in [6.45, 7) is 5.70. The van der Waals surface area contributed by atoms with Crippen LogP contribution >= 0.6 is 0 Å². The van der Waals surface area contributed by atoms with Crippen molar-refractivity contribution in [3.05, 3.63) is 35.7 Å². The standard InChI is InChI=1S/C21H27N3O5/c1-12(2)19-22-21(29-23-19)24-10-14-8-17(25)18(9-15(14)11-24)28-16-6-4-13(5-7-16)20(26)27-3/h4-7,12,14-15,17-18,25H,8-11H2,1-3H3/t14-,15+,17+,18+/m0/s1. The van der Waals surface area contributed by atoms with Gasteiger partial charge in [0.05, 0.1) is 18.8 Å². The second-order valence-corrected chi connectivity index (χ2v) is 8.23. The predicted molar refractivity (Wildman–Crippen MR) is 105 cm³/mol. The number of fused-ring (bicyclic) bond motifs is 1. The quantitative estimate of drug-likeness (QED) is 0.764. The van der Waals surface area contributed by atoms with Crippen LogP contribution in [0.2, 0.25) is 0 Å². The largest absolute Gasteiger partial charge is 0.488 e. The number of aromatic nitrogens is 2. The SMILES string of the molecule is COC(=O)c1ccc(O[C@@H]2C[C@@H]3CN(c4nc(C(C)C)no4)C[C@@H]3C[C@H]2O)cc1. The van der Waals surface area contributed by atoms with Gasteiger partial charge in [0.1, 0.15) is 11.9 Å². The lowest BCUT2D eigenvalue weighted by molar-refractivity contribution is -0.0231. The van der Waals surface area contributed by atoms with Crippen molar-refractivity contribution in [3.63, 3.8) is 0 Å². The zero-order valence-corrected chi connectivity index (χ0v) is 16.9. The Morgan fingerprint density at radius 3 is 2.52 bits per heavy atom. The number of ether oxygens (including phenoxy) is 2. The zero-order valence-electron chi connectivity index (χ0n) is 16.9. The number of aliphatic hydroxyl groups excluding tert-OH is 1. The smallest absolute Gasteiger partial charge is 0.337 e. The van der Waals surface area contributed by atoms with E-state index in [1.807, 2.05) is 13.8 Å². The molecule has 29 heavy (non-hydrogen) atoms. The lowest BCUT2D eigenvalue weighted by Gasteiger charge is -2.35. The first-order valence-corrected chi connectivity index (χ1v) is 10.1. The van der Waals surface area contributed by atoms with Crippen LogP contribution in [0.4, 0.5) is 6.01 Å². The molecule has 1 aromatic carbocycles. The predicted octanol–water partition coefficient (Wildman–Crippen LogP) is 2.63. The van der Waals surface area contributed by atoms with E-state index in [4.69, 9.17) is 14.0 Å². The van der Waals surface area contributed by atoms with E-state index in [-0.39, 0.29) is 18.0 Å². The Labute approximate surface area is 169 Å². The van der Waals surface area contributed by atoms with Crippen molar-refractivity contribution in [1.29, 1.82) is 0 Å². The number of carbonyl (C=O) groups is 1. The van der Waals surface area contributed by atoms with Crippen molar-refractivity contribution in [2.45, 2.75) is 44.8 Å². The van der Waals surface area contributed by atoms with Gasteiger partial charge < -0.3 is 24.0 Å². The first-order valence-electron chi connectivity index (χ1n) is 10.1. The fourth-order valence-electron chi connectivity index (χ4n) is 4.22. The van der Waals surface area contributed by atoms with Crippen LogP contribution in [0.5, 0.6) is 5.75 Å². The number of aliphatic hydroxyl groups is 1. The van der Waals surface area contributed by atoms with Crippen LogP contribution in [0.3, 0.4) is 0 Å². The van der Waals surface area contributed by atoms with E-state index in [0.29, 0.717) is 41.4 Å². The Morgan fingerprint density at radius 1 is 1.21 bits per heavy atom. The number of benzene rings is 1. The second-order valence-electron chi connectivity index (χ2n) is 8.23. The van der Waals surface area contributed by atoms with Crippen LogP contribution in [0.1, 0.15) is 48.8 Å². The third-order valence-electron chi connectivity index (χ3n) is 5.87. The van der Waals surface area contributed by atoms with Crippen LogP contribution < -0.4 is 9.64 Å². The fourth-order valence-corrected chi connectivity index (χ4v) is 4.22. The fraction of sp³-hybridized carbons (Fsp3) is 0.571. The maximum atomic E-state index is 11.6. The molecular weight excluding hydrogens is 374 g/mol. The minimum atomic E-state index is -0.537. The van der Waals surface area contributed by atoms with E-state index in [9.17, 15) is 9.90 Å². The summed E-state index contributed by atoms with van der Waals surface area (Å²) in [5, 5.41) is 14.7. The molecule has 0 unspecified atom stereocenters. The van der Waals surface area contributed by atoms with Gasteiger partial charge >= 0.3 is 12.0 Å². The van der Waals surface area contributed by atoms with Crippen molar-refractivity contribution in [3.8, 4) is 5.75 Å². The molecule has 1 aliphatic carbocycles. The van der Waals surface area contributed by atoms with Crippen LogP contribution in [0.15, 0.2) is 28.8 Å². The average molecular weight is 401 g/mol. The molecule has 0 amide bonds. The minimum Gasteiger partial charge on any atom is -0.488 e. The van der Waals surface area contributed by atoms with Crippen molar-refractivity contribution in [2.75, 3.05) is 25.1 Å². The van der Waals surface area contributed by atoms with E-state index in [0.717, 1.165) is 19.5 Å². The molecule has 2 fully saturated rings. The van der Waals surface area contributed by atoms with Crippen LogP contribution in [-0.2, 0) is 4.74 Å². The molecule has 2 aromatic rings. The Balaban J connectivity index is 1.39. The van der Waals surface area contributed by atoms with Crippen LogP contribution in [0.25, 0.3) is 0 Å². The third kappa shape index (κ3) is 4.07. The van der Waals surface area contributed by atoms with E-state index in [2.05, 4.69) is 15.0 Å². The normalized spacial score (nSPS) is 26.4. The average Bonchev–Trinajstić information content (AvgIpc) is 3.35. The first kappa shape index (κ1) is 19.7. The number of hydrogen-bond donors (Lipinski definition) is 1. The summed E-state index contributed by atoms with van der Waals surface area (Å²) in [7, 11) is 1.35. The summed E-state index contributed by atoms with van der Waals surface area (Å²) in [6.07, 6.45) is 0.614. The van der Waals surface area contributed by atoms with Gasteiger partial charge in [-0.2, -0.15) is 4.98 Å². The van der Waals surface area contributed by atoms with Gasteiger partial charge in [-0.15, -0.1) is 0 Å². The summed E-state index contributed by atoms with van der Waals surface area (Å²) < 4.78 is 16.2. The Kier molecular flexibility index (Phi) is 5.45. The van der Waals surface area contributed by atoms with Gasteiger partial charge in [-0.25, -0.2) is 4.79 Å². The van der Waals surface area contributed by atoms with E-state index in [1.54, 1.807) is 24.3 Å². The Hall–Kier alpha value is -2.61. The maximum absolute atomic E-state index is 11.6. The topological polar surface area (TPSA) is 97.9 Å². The molecule has 0 radical (unpaired) electrons. The number of esters is 1. The molecule has 2 heterocycles. The van der Waals surface area contributed by atoms with Gasteiger partial charge in [0.2, 0.25) is 0 Å². The lowest BCUT2D eigenvalue weighted by Crippen LogP contribution is -2.42. The highest BCUT2D eigenvalue weighted by Gasteiger charge is 2.44. The summed E-state index contributed by atoms with van der Waals surface area (Å²) in [5.41, 5.74) is 0.468. The maximum Gasteiger partial charge on any atom is 0.337 e. The second kappa shape index (κ2) is 8.02. The summed E-state index contributed by atoms with van der Waals surface area (Å²) in [6, 6.07) is 7.36. The van der Waals surface area contributed by atoms with E-state index < -0.39 is 6.10 Å². The molecule has 156 valence electrons. The molecular formula is C21H27N3O5. The monoisotopic (exact) mass is 401 g/mol. The zero-order chi connectivity index (χ0) is 20.5. The highest BCUT2D eigenvalue weighted by atomic mass is 16.5. The first-order chi connectivity index (χ1) is 13.9. The van der Waals surface area contributed by atoms with Crippen molar-refractivity contribution in [1.82, 2.24) is 10.1 Å². The van der Waals surface area contributed by atoms with Gasteiger partial charge in [0.25, 0.3) is 0 Å². The van der Waals surface area contributed by atoms with Gasteiger partial charge in [0.15, 0.2) is 5.82 Å². The lowest BCUT2D eigenvalue weighted by atomic mass is 9.78.